The standard InChI is InChI=1S/C59H100O6S/c1-15-17-19-21-23-25-27-29-31-33-36-66(37-34-32-30-28-26-24-22-20-18-16-2)38-35-65-54(64)59(53(62)63,51(60)45-39-47(55(3,4)5)43-48(40-45)56(6,7)8)52(61)46-41-49(57(9,10)11)44-50(42-46)58(12,13)14/h39-44,51-52,60-61H,15-38H2,1-14H3/p+1. The molecule has 2 unspecified atom stereocenters. The maximum Gasteiger partial charge on any atom is 0.329 e. The van der Waals surface area contributed by atoms with E-state index in [1.165, 1.54) is 116 Å². The highest BCUT2D eigenvalue weighted by atomic mass is 32.2. The lowest BCUT2D eigenvalue weighted by molar-refractivity contribution is -0.191. The zero-order valence-corrected chi connectivity index (χ0v) is 45.9. The molecule has 6 nitrogen and oxygen atoms in total. The Balaban J connectivity index is 2.53. The van der Waals surface area contributed by atoms with Crippen LogP contribution in [0.3, 0.4) is 0 Å². The monoisotopic (exact) mass is 938 g/mol. The number of rotatable bonds is 31. The van der Waals surface area contributed by atoms with Crippen LogP contribution in [-0.4, -0.2) is 51.1 Å². The average Bonchev–Trinajstić information content (AvgIpc) is 3.23. The summed E-state index contributed by atoms with van der Waals surface area (Å²) in [5.74, 6) is 0.0766. The quantitative estimate of drug-likeness (QED) is 0.0301. The zero-order valence-electron chi connectivity index (χ0n) is 45.1. The molecule has 0 spiro atoms. The van der Waals surface area contributed by atoms with E-state index in [4.69, 9.17) is 4.74 Å². The third-order valence-corrected chi connectivity index (χ3v) is 16.2. The van der Waals surface area contributed by atoms with Gasteiger partial charge in [-0.15, -0.1) is 0 Å². The summed E-state index contributed by atoms with van der Waals surface area (Å²) in [4.78, 5) is 29.1. The Morgan fingerprint density at radius 1 is 0.455 bits per heavy atom. The first-order valence-corrected chi connectivity index (χ1v) is 28.3. The SMILES string of the molecule is CCCCCCCCCCCC[S+](CCCCCCCCCCCC)CCOC(=O)C(C(=O)O)(C(O)c1cc(C(C)(C)C)cc(C(C)(C)C)c1)C(O)c1cc(C(C)(C)C)cc(C(C)(C)C)c1. The fourth-order valence-corrected chi connectivity index (χ4v) is 11.0. The second kappa shape index (κ2) is 28.3. The number of aliphatic hydroxyl groups excluding tert-OH is 2. The third-order valence-electron chi connectivity index (χ3n) is 13.7. The maximum absolute atomic E-state index is 15.0. The van der Waals surface area contributed by atoms with Crippen molar-refractivity contribution in [2.24, 2.45) is 5.41 Å². The van der Waals surface area contributed by atoms with Crippen molar-refractivity contribution in [3.8, 4) is 0 Å². The molecule has 7 heteroatoms. The zero-order chi connectivity index (χ0) is 49.8. The third kappa shape index (κ3) is 19.6. The first-order chi connectivity index (χ1) is 30.8. The molecule has 0 fully saturated rings. The van der Waals surface area contributed by atoms with E-state index in [2.05, 4.69) is 109 Å². The van der Waals surface area contributed by atoms with Gasteiger partial charge >= 0.3 is 11.9 Å². The van der Waals surface area contributed by atoms with Crippen LogP contribution in [0.1, 0.15) is 271 Å². The van der Waals surface area contributed by atoms with Crippen molar-refractivity contribution in [3.05, 3.63) is 69.8 Å². The summed E-state index contributed by atoms with van der Waals surface area (Å²) in [6.07, 6.45) is 21.8. The van der Waals surface area contributed by atoms with Gasteiger partial charge in [0.1, 0.15) is 36.1 Å². The van der Waals surface area contributed by atoms with Crippen LogP contribution < -0.4 is 0 Å². The van der Waals surface area contributed by atoms with E-state index in [9.17, 15) is 20.1 Å². The summed E-state index contributed by atoms with van der Waals surface area (Å²) in [6.45, 7) is 29.5. The molecular weight excluding hydrogens is 837 g/mol. The minimum Gasteiger partial charge on any atom is -0.480 e. The number of hydrogen-bond donors (Lipinski definition) is 3. The van der Waals surface area contributed by atoms with Crippen molar-refractivity contribution in [2.75, 3.05) is 23.9 Å². The van der Waals surface area contributed by atoms with Crippen molar-refractivity contribution < 1.29 is 29.6 Å². The smallest absolute Gasteiger partial charge is 0.329 e. The topological polar surface area (TPSA) is 104 Å². The second-order valence-corrected chi connectivity index (χ2v) is 26.3. The molecule has 66 heavy (non-hydrogen) atoms. The Morgan fingerprint density at radius 2 is 0.727 bits per heavy atom. The number of esters is 1. The molecule has 2 rings (SSSR count). The maximum atomic E-state index is 15.0. The number of hydrogen-bond acceptors (Lipinski definition) is 5. The van der Waals surface area contributed by atoms with E-state index in [0.717, 1.165) is 46.6 Å². The molecule has 378 valence electrons. The van der Waals surface area contributed by atoms with Gasteiger partial charge in [0.2, 0.25) is 5.41 Å². The highest BCUT2D eigenvalue weighted by molar-refractivity contribution is 7.96. The lowest BCUT2D eigenvalue weighted by atomic mass is 9.69. The molecule has 2 aromatic carbocycles. The molecule has 0 saturated heterocycles. The minimum atomic E-state index is -2.76. The Morgan fingerprint density at radius 3 is 0.985 bits per heavy atom. The number of carbonyl (C=O) groups excluding carboxylic acids is 1. The van der Waals surface area contributed by atoms with Crippen LogP contribution in [0.25, 0.3) is 0 Å². The highest BCUT2D eigenvalue weighted by Crippen LogP contribution is 2.49. The number of benzene rings is 2. The molecule has 0 saturated carbocycles. The lowest BCUT2D eigenvalue weighted by Crippen LogP contribution is -2.51. The molecule has 0 aliphatic heterocycles. The number of aliphatic hydroxyl groups is 2. The van der Waals surface area contributed by atoms with Gasteiger partial charge in [-0.25, -0.2) is 0 Å². The van der Waals surface area contributed by atoms with Crippen molar-refractivity contribution in [2.45, 2.75) is 259 Å². The van der Waals surface area contributed by atoms with E-state index in [1.807, 2.05) is 0 Å². The van der Waals surface area contributed by atoms with E-state index in [1.54, 1.807) is 24.3 Å². The van der Waals surface area contributed by atoms with Crippen molar-refractivity contribution in [1.29, 1.82) is 0 Å². The summed E-state index contributed by atoms with van der Waals surface area (Å²) in [7, 11) is 0.000923. The van der Waals surface area contributed by atoms with Gasteiger partial charge in [-0.1, -0.05) is 236 Å². The van der Waals surface area contributed by atoms with E-state index in [-0.39, 0.29) is 50.3 Å². The molecule has 2 atom stereocenters. The molecule has 0 radical (unpaired) electrons. The number of aliphatic carboxylic acids is 1. The van der Waals surface area contributed by atoms with Gasteiger partial charge < -0.3 is 20.1 Å². The number of unbranched alkanes of at least 4 members (excludes halogenated alkanes) is 18. The molecule has 0 bridgehead atoms. The molecule has 0 aliphatic carbocycles. The molecule has 2 aromatic rings. The van der Waals surface area contributed by atoms with Crippen LogP contribution in [-0.2, 0) is 46.9 Å². The molecule has 3 N–H and O–H groups in total. The van der Waals surface area contributed by atoms with Crippen molar-refractivity contribution in [3.63, 3.8) is 0 Å². The molecule has 0 aliphatic rings. The van der Waals surface area contributed by atoms with Crippen LogP contribution in [0, 0.1) is 5.41 Å². The largest absolute Gasteiger partial charge is 0.480 e. The van der Waals surface area contributed by atoms with Crippen molar-refractivity contribution >= 4 is 22.8 Å². The summed E-state index contributed by atoms with van der Waals surface area (Å²) in [5.41, 5.74) is 0.0114. The first-order valence-electron chi connectivity index (χ1n) is 26.5. The van der Waals surface area contributed by atoms with Gasteiger partial charge in [-0.2, -0.15) is 0 Å². The van der Waals surface area contributed by atoms with Gasteiger partial charge in [0.05, 0.1) is 0 Å². The molecule has 0 aromatic heterocycles. The Bertz CT molecular complexity index is 1530. The lowest BCUT2D eigenvalue weighted by Gasteiger charge is -2.38. The average molecular weight is 939 g/mol. The Hall–Kier alpha value is -2.35. The second-order valence-electron chi connectivity index (χ2n) is 23.9. The van der Waals surface area contributed by atoms with Gasteiger partial charge in [0.15, 0.2) is 0 Å². The van der Waals surface area contributed by atoms with Crippen LogP contribution >= 0.6 is 0 Å². The fourth-order valence-electron chi connectivity index (χ4n) is 8.84. The predicted octanol–water partition coefficient (Wildman–Crippen LogP) is 15.7. The van der Waals surface area contributed by atoms with Crippen LogP contribution in [0.5, 0.6) is 0 Å². The number of carboxylic acid groups (broad SMARTS) is 1. The number of carbonyl (C=O) groups is 2. The van der Waals surface area contributed by atoms with Gasteiger partial charge in [0.25, 0.3) is 0 Å². The van der Waals surface area contributed by atoms with Crippen molar-refractivity contribution in [1.82, 2.24) is 0 Å². The minimum absolute atomic E-state index is 0.000923. The molecule has 0 heterocycles. The first kappa shape index (κ1) is 59.8. The predicted molar refractivity (Wildman–Crippen MR) is 284 cm³/mol. The highest BCUT2D eigenvalue weighted by Gasteiger charge is 2.61. The van der Waals surface area contributed by atoms with Gasteiger partial charge in [-0.05, 0) is 91.6 Å². The number of ether oxygens (including phenoxy) is 1. The van der Waals surface area contributed by atoms with Crippen LogP contribution in [0.15, 0.2) is 36.4 Å². The number of carboxylic acids is 1. The Kier molecular flexibility index (Phi) is 25.7. The van der Waals surface area contributed by atoms with Gasteiger partial charge in [0, 0.05) is 0 Å². The van der Waals surface area contributed by atoms with Crippen LogP contribution in [0.4, 0.5) is 0 Å². The normalized spacial score (nSPS) is 14.6. The van der Waals surface area contributed by atoms with E-state index >= 15 is 4.79 Å². The van der Waals surface area contributed by atoms with E-state index in [0.29, 0.717) is 5.75 Å². The summed E-state index contributed by atoms with van der Waals surface area (Å²) < 4.78 is 6.14. The Labute approximate surface area is 409 Å². The van der Waals surface area contributed by atoms with Crippen LogP contribution in [0.2, 0.25) is 0 Å². The molecular formula is C59H101O6S+. The summed E-state index contributed by atoms with van der Waals surface area (Å²) in [6, 6.07) is 11.4. The summed E-state index contributed by atoms with van der Waals surface area (Å²) in [5, 5.41) is 36.9. The molecule has 0 amide bonds. The summed E-state index contributed by atoms with van der Waals surface area (Å²) >= 11 is 0. The van der Waals surface area contributed by atoms with E-state index < -0.39 is 29.6 Å². The van der Waals surface area contributed by atoms with Gasteiger partial charge in [-0.3, -0.25) is 9.59 Å². The fraction of sp³-hybridized carbons (Fsp3) is 0.763.